The molecule has 0 atom stereocenters. The molecule has 72 valence electrons. The summed E-state index contributed by atoms with van der Waals surface area (Å²) in [5.74, 6) is -1.15. The molecule has 0 amide bonds. The average molecular weight is 212 g/mol. The van der Waals surface area contributed by atoms with Crippen molar-refractivity contribution in [2.45, 2.75) is 6.92 Å². The first kappa shape index (κ1) is 10.4. The molecule has 0 saturated carbocycles. The highest BCUT2D eigenvalue weighted by Gasteiger charge is 2.12. The van der Waals surface area contributed by atoms with Gasteiger partial charge in [-0.05, 0) is 30.2 Å². The first-order chi connectivity index (χ1) is 6.57. The van der Waals surface area contributed by atoms with E-state index >= 15 is 0 Å². The third kappa shape index (κ3) is 1.79. The number of hydrogen-bond acceptors (Lipinski definition) is 2. The van der Waals surface area contributed by atoms with Gasteiger partial charge in [0.05, 0.1) is 11.3 Å². The SMILES string of the molecule is Cc1c(Cl)ccc(C(=O)O)c1N=[N+]=[N-]. The third-order valence-electron chi connectivity index (χ3n) is 1.74. The minimum absolute atomic E-state index is 0.0512. The van der Waals surface area contributed by atoms with Gasteiger partial charge in [-0.15, -0.1) is 0 Å². The van der Waals surface area contributed by atoms with E-state index in [0.29, 0.717) is 10.6 Å². The first-order valence-electron chi connectivity index (χ1n) is 3.65. The van der Waals surface area contributed by atoms with E-state index in [9.17, 15) is 4.79 Å². The quantitative estimate of drug-likeness (QED) is 0.462. The Bertz CT molecular complexity index is 438. The van der Waals surface area contributed by atoms with Gasteiger partial charge in [0.25, 0.3) is 0 Å². The fourth-order valence-corrected chi connectivity index (χ4v) is 1.17. The van der Waals surface area contributed by atoms with E-state index in [-0.39, 0.29) is 11.3 Å². The van der Waals surface area contributed by atoms with Crippen molar-refractivity contribution in [1.82, 2.24) is 0 Å². The summed E-state index contributed by atoms with van der Waals surface area (Å²) in [6.45, 7) is 1.60. The molecule has 0 saturated heterocycles. The summed E-state index contributed by atoms with van der Waals surface area (Å²) in [5.41, 5.74) is 8.74. The summed E-state index contributed by atoms with van der Waals surface area (Å²) < 4.78 is 0. The van der Waals surface area contributed by atoms with E-state index in [2.05, 4.69) is 10.0 Å². The van der Waals surface area contributed by atoms with Gasteiger partial charge in [-0.1, -0.05) is 16.7 Å². The standard InChI is InChI=1S/C8H6ClN3O2/c1-4-6(9)3-2-5(8(13)14)7(4)11-12-10/h2-3H,1H3,(H,13,14). The van der Waals surface area contributed by atoms with Gasteiger partial charge in [0.2, 0.25) is 0 Å². The highest BCUT2D eigenvalue weighted by atomic mass is 35.5. The molecule has 0 fully saturated rings. The predicted octanol–water partition coefficient (Wildman–Crippen LogP) is 3.29. The maximum Gasteiger partial charge on any atom is 0.336 e. The number of benzene rings is 1. The Morgan fingerprint density at radius 3 is 2.79 bits per heavy atom. The van der Waals surface area contributed by atoms with Gasteiger partial charge in [0, 0.05) is 9.93 Å². The van der Waals surface area contributed by atoms with E-state index < -0.39 is 5.97 Å². The molecule has 0 aromatic heterocycles. The zero-order valence-corrected chi connectivity index (χ0v) is 7.99. The molecule has 1 aromatic rings. The number of azide groups is 1. The van der Waals surface area contributed by atoms with Crippen molar-refractivity contribution in [2.75, 3.05) is 0 Å². The Morgan fingerprint density at radius 1 is 1.64 bits per heavy atom. The molecule has 5 nitrogen and oxygen atoms in total. The van der Waals surface area contributed by atoms with Crippen molar-refractivity contribution >= 4 is 23.3 Å². The average Bonchev–Trinajstić information content (AvgIpc) is 2.13. The Labute approximate surface area is 84.6 Å². The van der Waals surface area contributed by atoms with Crippen LogP contribution in [-0.2, 0) is 0 Å². The van der Waals surface area contributed by atoms with Crippen LogP contribution in [-0.4, -0.2) is 11.1 Å². The normalized spacial score (nSPS) is 9.29. The molecular weight excluding hydrogens is 206 g/mol. The van der Waals surface area contributed by atoms with E-state index in [1.807, 2.05) is 0 Å². The Morgan fingerprint density at radius 2 is 2.29 bits per heavy atom. The summed E-state index contributed by atoms with van der Waals surface area (Å²) in [6, 6.07) is 2.76. The second-order valence-electron chi connectivity index (χ2n) is 2.56. The molecule has 6 heteroatoms. The summed E-state index contributed by atoms with van der Waals surface area (Å²) in [7, 11) is 0. The zero-order valence-electron chi connectivity index (χ0n) is 7.23. The number of carbonyl (C=O) groups is 1. The second-order valence-corrected chi connectivity index (χ2v) is 2.97. The first-order valence-corrected chi connectivity index (χ1v) is 4.03. The number of carboxylic acids is 1. The van der Waals surface area contributed by atoms with Gasteiger partial charge in [-0.3, -0.25) is 0 Å². The van der Waals surface area contributed by atoms with Crippen LogP contribution in [0.15, 0.2) is 17.2 Å². The summed E-state index contributed by atoms with van der Waals surface area (Å²) in [6.07, 6.45) is 0. The molecule has 0 bridgehead atoms. The van der Waals surface area contributed by atoms with Crippen LogP contribution in [0.1, 0.15) is 15.9 Å². The minimum Gasteiger partial charge on any atom is -0.478 e. The van der Waals surface area contributed by atoms with Crippen molar-refractivity contribution in [3.63, 3.8) is 0 Å². The van der Waals surface area contributed by atoms with Gasteiger partial charge in [-0.25, -0.2) is 4.79 Å². The Hall–Kier alpha value is -1.71. The molecule has 1 aromatic carbocycles. The van der Waals surface area contributed by atoms with Crippen LogP contribution < -0.4 is 0 Å². The monoisotopic (exact) mass is 211 g/mol. The van der Waals surface area contributed by atoms with Crippen molar-refractivity contribution in [3.05, 3.63) is 38.7 Å². The molecule has 1 N–H and O–H groups in total. The number of nitrogens with zero attached hydrogens (tertiary/aromatic N) is 3. The van der Waals surface area contributed by atoms with E-state index in [0.717, 1.165) is 0 Å². The van der Waals surface area contributed by atoms with Crippen LogP contribution in [0.5, 0.6) is 0 Å². The second kappa shape index (κ2) is 4.00. The summed E-state index contributed by atoms with van der Waals surface area (Å²) in [4.78, 5) is 13.3. The van der Waals surface area contributed by atoms with Crippen molar-refractivity contribution in [1.29, 1.82) is 0 Å². The largest absolute Gasteiger partial charge is 0.478 e. The lowest BCUT2D eigenvalue weighted by atomic mass is 10.1. The molecule has 0 radical (unpaired) electrons. The van der Waals surface area contributed by atoms with Gasteiger partial charge in [-0.2, -0.15) is 0 Å². The smallest absolute Gasteiger partial charge is 0.336 e. The van der Waals surface area contributed by atoms with Crippen molar-refractivity contribution < 1.29 is 9.90 Å². The number of rotatable bonds is 2. The summed E-state index contributed by atoms with van der Waals surface area (Å²) >= 11 is 5.75. The van der Waals surface area contributed by atoms with Crippen LogP contribution in [0, 0.1) is 6.92 Å². The molecular formula is C8H6ClN3O2. The maximum absolute atomic E-state index is 10.7. The molecule has 0 aliphatic rings. The maximum atomic E-state index is 10.7. The van der Waals surface area contributed by atoms with Crippen LogP contribution in [0.4, 0.5) is 5.69 Å². The zero-order chi connectivity index (χ0) is 10.7. The topological polar surface area (TPSA) is 86.1 Å². The van der Waals surface area contributed by atoms with Crippen LogP contribution >= 0.6 is 11.6 Å². The van der Waals surface area contributed by atoms with Gasteiger partial charge >= 0.3 is 5.97 Å². The lowest BCUT2D eigenvalue weighted by Gasteiger charge is -2.05. The molecule has 1 rings (SSSR count). The molecule has 0 aliphatic carbocycles. The molecule has 0 spiro atoms. The predicted molar refractivity (Wildman–Crippen MR) is 52.0 cm³/mol. The summed E-state index contributed by atoms with van der Waals surface area (Å²) in [5, 5.41) is 12.5. The van der Waals surface area contributed by atoms with E-state index in [4.69, 9.17) is 22.2 Å². The number of hydrogen-bond donors (Lipinski definition) is 1. The van der Waals surface area contributed by atoms with Gasteiger partial charge in [0.1, 0.15) is 0 Å². The highest BCUT2D eigenvalue weighted by Crippen LogP contribution is 2.30. The van der Waals surface area contributed by atoms with Gasteiger partial charge < -0.3 is 5.11 Å². The lowest BCUT2D eigenvalue weighted by Crippen LogP contribution is -1.97. The molecule has 0 aliphatic heterocycles. The number of aromatic carboxylic acids is 1. The van der Waals surface area contributed by atoms with E-state index in [1.165, 1.54) is 12.1 Å². The van der Waals surface area contributed by atoms with Crippen LogP contribution in [0.2, 0.25) is 5.02 Å². The molecule has 0 heterocycles. The van der Waals surface area contributed by atoms with Crippen LogP contribution in [0.3, 0.4) is 0 Å². The third-order valence-corrected chi connectivity index (χ3v) is 2.15. The Balaban J connectivity index is 3.52. The number of halogens is 1. The minimum atomic E-state index is -1.15. The molecule has 0 unspecified atom stereocenters. The lowest BCUT2D eigenvalue weighted by molar-refractivity contribution is 0.0697. The van der Waals surface area contributed by atoms with Crippen LogP contribution in [0.25, 0.3) is 10.4 Å². The Kier molecular flexibility index (Phi) is 2.96. The fraction of sp³-hybridized carbons (Fsp3) is 0.125. The van der Waals surface area contributed by atoms with E-state index in [1.54, 1.807) is 6.92 Å². The number of carboxylic acid groups (broad SMARTS) is 1. The highest BCUT2D eigenvalue weighted by molar-refractivity contribution is 6.31. The van der Waals surface area contributed by atoms with Crippen molar-refractivity contribution in [2.24, 2.45) is 5.11 Å². The van der Waals surface area contributed by atoms with Crippen molar-refractivity contribution in [3.8, 4) is 0 Å². The fourth-order valence-electron chi connectivity index (χ4n) is 1.02. The molecule has 14 heavy (non-hydrogen) atoms. The van der Waals surface area contributed by atoms with Gasteiger partial charge in [0.15, 0.2) is 0 Å².